The Balaban J connectivity index is 0.00000320. The van der Waals surface area contributed by atoms with Crippen LogP contribution < -0.4 is 10.6 Å². The van der Waals surface area contributed by atoms with E-state index in [9.17, 15) is 9.18 Å². The Morgan fingerprint density at radius 2 is 1.87 bits per heavy atom. The maximum atomic E-state index is 13.2. The molecule has 0 radical (unpaired) electrons. The van der Waals surface area contributed by atoms with Gasteiger partial charge in [0, 0.05) is 37.0 Å². The second-order valence-electron chi connectivity index (χ2n) is 8.98. The van der Waals surface area contributed by atoms with Gasteiger partial charge in [0.15, 0.2) is 5.96 Å². The SMILES string of the molecule is CCNC(=NCC(C)(C)c1ccc(F)cc1)NC1CCN(C(=O)C2CCCC2)C1.I. The minimum Gasteiger partial charge on any atom is -0.357 e. The summed E-state index contributed by atoms with van der Waals surface area (Å²) in [7, 11) is 0. The van der Waals surface area contributed by atoms with Gasteiger partial charge >= 0.3 is 0 Å². The number of likely N-dealkylation sites (tertiary alicyclic amines) is 1. The lowest BCUT2D eigenvalue weighted by Gasteiger charge is -2.25. The maximum Gasteiger partial charge on any atom is 0.225 e. The number of halogens is 2. The van der Waals surface area contributed by atoms with Crippen molar-refractivity contribution in [3.8, 4) is 0 Å². The van der Waals surface area contributed by atoms with E-state index in [2.05, 4.69) is 24.5 Å². The number of nitrogens with zero attached hydrogens (tertiary/aromatic N) is 2. The first-order chi connectivity index (χ1) is 13.9. The molecule has 1 aliphatic heterocycles. The molecule has 2 aliphatic rings. The van der Waals surface area contributed by atoms with E-state index in [0.717, 1.165) is 50.4 Å². The summed E-state index contributed by atoms with van der Waals surface area (Å²) in [5.41, 5.74) is 0.864. The number of benzene rings is 1. The molecule has 3 rings (SSSR count). The molecule has 1 heterocycles. The fourth-order valence-electron chi connectivity index (χ4n) is 4.29. The minimum absolute atomic E-state index is 0. The average Bonchev–Trinajstić information content (AvgIpc) is 3.38. The topological polar surface area (TPSA) is 56.7 Å². The van der Waals surface area contributed by atoms with E-state index in [0.29, 0.717) is 12.5 Å². The van der Waals surface area contributed by atoms with Gasteiger partial charge in [-0.25, -0.2) is 4.39 Å². The van der Waals surface area contributed by atoms with Gasteiger partial charge in [-0.15, -0.1) is 24.0 Å². The average molecular weight is 530 g/mol. The Morgan fingerprint density at radius 3 is 2.50 bits per heavy atom. The van der Waals surface area contributed by atoms with Crippen LogP contribution in [-0.2, 0) is 10.2 Å². The number of hydrogen-bond acceptors (Lipinski definition) is 2. The Morgan fingerprint density at radius 1 is 1.20 bits per heavy atom. The van der Waals surface area contributed by atoms with Gasteiger partial charge in [0.25, 0.3) is 0 Å². The van der Waals surface area contributed by atoms with Crippen LogP contribution in [0.4, 0.5) is 4.39 Å². The van der Waals surface area contributed by atoms with Gasteiger partial charge in [0.05, 0.1) is 6.54 Å². The molecule has 1 unspecified atom stereocenters. The van der Waals surface area contributed by atoms with E-state index >= 15 is 0 Å². The highest BCUT2D eigenvalue weighted by Crippen LogP contribution is 2.28. The predicted octanol–water partition coefficient (Wildman–Crippen LogP) is 4.07. The second kappa shape index (κ2) is 11.3. The molecule has 0 aromatic heterocycles. The molecule has 1 amide bonds. The molecular weight excluding hydrogens is 494 g/mol. The molecule has 1 aromatic rings. The summed E-state index contributed by atoms with van der Waals surface area (Å²) in [6.07, 6.45) is 5.43. The molecule has 5 nitrogen and oxygen atoms in total. The molecular formula is C23H36FIN4O. The number of aliphatic imine (C=N–C) groups is 1. The number of amides is 1. The van der Waals surface area contributed by atoms with Crippen molar-refractivity contribution in [3.63, 3.8) is 0 Å². The monoisotopic (exact) mass is 530 g/mol. The van der Waals surface area contributed by atoms with E-state index < -0.39 is 0 Å². The Bertz CT molecular complexity index is 716. The summed E-state index contributed by atoms with van der Waals surface area (Å²) >= 11 is 0. The van der Waals surface area contributed by atoms with Crippen LogP contribution in [0.1, 0.15) is 58.4 Å². The second-order valence-corrected chi connectivity index (χ2v) is 8.98. The van der Waals surface area contributed by atoms with Crippen LogP contribution in [0.25, 0.3) is 0 Å². The number of hydrogen-bond donors (Lipinski definition) is 2. The predicted molar refractivity (Wildman–Crippen MR) is 131 cm³/mol. The van der Waals surface area contributed by atoms with E-state index in [-0.39, 0.29) is 47.2 Å². The highest BCUT2D eigenvalue weighted by molar-refractivity contribution is 14.0. The van der Waals surface area contributed by atoms with Gasteiger partial charge in [-0.1, -0.05) is 38.8 Å². The van der Waals surface area contributed by atoms with E-state index in [1.165, 1.54) is 25.0 Å². The molecule has 1 saturated heterocycles. The van der Waals surface area contributed by atoms with Gasteiger partial charge in [-0.3, -0.25) is 9.79 Å². The largest absolute Gasteiger partial charge is 0.357 e. The summed E-state index contributed by atoms with van der Waals surface area (Å²) in [4.78, 5) is 19.5. The third-order valence-electron chi connectivity index (χ3n) is 6.15. The van der Waals surface area contributed by atoms with Crippen LogP contribution in [0, 0.1) is 11.7 Å². The number of rotatable bonds is 6. The Kier molecular flexibility index (Phi) is 9.37. The lowest BCUT2D eigenvalue weighted by Crippen LogP contribution is -2.46. The van der Waals surface area contributed by atoms with Crippen LogP contribution in [0.15, 0.2) is 29.3 Å². The molecule has 168 valence electrons. The van der Waals surface area contributed by atoms with E-state index in [4.69, 9.17) is 4.99 Å². The number of carbonyl (C=O) groups excluding carboxylic acids is 1. The van der Waals surface area contributed by atoms with E-state index in [1.807, 2.05) is 24.0 Å². The van der Waals surface area contributed by atoms with Gasteiger partial charge in [-0.05, 0) is 43.9 Å². The number of guanidine groups is 1. The molecule has 2 N–H and O–H groups in total. The maximum absolute atomic E-state index is 13.2. The molecule has 1 aromatic carbocycles. The normalized spacial score (nSPS) is 20.2. The molecule has 0 spiro atoms. The Labute approximate surface area is 197 Å². The summed E-state index contributed by atoms with van der Waals surface area (Å²) in [6, 6.07) is 6.88. The number of carbonyl (C=O) groups is 1. The van der Waals surface area contributed by atoms with Crippen molar-refractivity contribution in [1.82, 2.24) is 15.5 Å². The van der Waals surface area contributed by atoms with Crippen molar-refractivity contribution in [1.29, 1.82) is 0 Å². The first-order valence-electron chi connectivity index (χ1n) is 11.0. The van der Waals surface area contributed by atoms with Crippen LogP contribution in [-0.4, -0.2) is 49.0 Å². The van der Waals surface area contributed by atoms with Crippen LogP contribution in [0.3, 0.4) is 0 Å². The summed E-state index contributed by atoms with van der Waals surface area (Å²) in [5.74, 6) is 1.14. The molecule has 0 bridgehead atoms. The molecule has 7 heteroatoms. The van der Waals surface area contributed by atoms with E-state index in [1.54, 1.807) is 0 Å². The van der Waals surface area contributed by atoms with Crippen LogP contribution in [0.2, 0.25) is 0 Å². The Hall–Kier alpha value is -1.38. The van der Waals surface area contributed by atoms with Gasteiger partial charge in [0.1, 0.15) is 5.82 Å². The zero-order chi connectivity index (χ0) is 20.9. The quantitative estimate of drug-likeness (QED) is 0.332. The smallest absolute Gasteiger partial charge is 0.225 e. The highest BCUT2D eigenvalue weighted by Gasteiger charge is 2.32. The third kappa shape index (κ3) is 6.56. The zero-order valence-electron chi connectivity index (χ0n) is 18.4. The van der Waals surface area contributed by atoms with Crippen molar-refractivity contribution in [2.75, 3.05) is 26.2 Å². The summed E-state index contributed by atoms with van der Waals surface area (Å²) < 4.78 is 13.2. The van der Waals surface area contributed by atoms with Crippen LogP contribution >= 0.6 is 24.0 Å². The molecule has 30 heavy (non-hydrogen) atoms. The van der Waals surface area contributed by atoms with Crippen molar-refractivity contribution in [3.05, 3.63) is 35.6 Å². The van der Waals surface area contributed by atoms with Crippen LogP contribution in [0.5, 0.6) is 0 Å². The number of nitrogens with one attached hydrogen (secondary N) is 2. The molecule has 1 saturated carbocycles. The fourth-order valence-corrected chi connectivity index (χ4v) is 4.29. The molecule has 1 aliphatic carbocycles. The third-order valence-corrected chi connectivity index (χ3v) is 6.15. The lowest BCUT2D eigenvalue weighted by molar-refractivity contribution is -0.134. The lowest BCUT2D eigenvalue weighted by atomic mass is 9.85. The molecule has 2 fully saturated rings. The van der Waals surface area contributed by atoms with Crippen molar-refractivity contribution in [2.24, 2.45) is 10.9 Å². The first kappa shape index (κ1) is 24.9. The van der Waals surface area contributed by atoms with Gasteiger partial charge in [0.2, 0.25) is 5.91 Å². The van der Waals surface area contributed by atoms with Crippen molar-refractivity contribution in [2.45, 2.75) is 64.3 Å². The van der Waals surface area contributed by atoms with Gasteiger partial charge < -0.3 is 15.5 Å². The van der Waals surface area contributed by atoms with Crippen molar-refractivity contribution >= 4 is 35.8 Å². The zero-order valence-corrected chi connectivity index (χ0v) is 20.7. The summed E-state index contributed by atoms with van der Waals surface area (Å²) in [5, 5.41) is 6.83. The molecule has 1 atom stereocenters. The van der Waals surface area contributed by atoms with Gasteiger partial charge in [-0.2, -0.15) is 0 Å². The highest BCUT2D eigenvalue weighted by atomic mass is 127. The van der Waals surface area contributed by atoms with Crippen molar-refractivity contribution < 1.29 is 9.18 Å². The summed E-state index contributed by atoms with van der Waals surface area (Å²) in [6.45, 7) is 9.23. The fraction of sp³-hybridized carbons (Fsp3) is 0.652. The first-order valence-corrected chi connectivity index (χ1v) is 11.0. The standard InChI is InChI=1S/C23H35FN4O.HI/c1-4-25-22(26-16-23(2,3)18-9-11-19(24)12-10-18)27-20-13-14-28(15-20)21(29)17-7-5-6-8-17;/h9-12,17,20H,4-8,13-16H2,1-3H3,(H2,25,26,27);1H. The minimum atomic E-state index is -0.221.